The van der Waals surface area contributed by atoms with Gasteiger partial charge in [-0.15, -0.1) is 0 Å². The Bertz CT molecular complexity index is 1040. The van der Waals surface area contributed by atoms with Crippen molar-refractivity contribution in [2.45, 2.75) is 17.2 Å². The second-order valence-corrected chi connectivity index (χ2v) is 9.43. The molecular weight excluding hydrogens is 419 g/mol. The summed E-state index contributed by atoms with van der Waals surface area (Å²) in [5.74, 6) is -1.10. The number of halogens is 2. The van der Waals surface area contributed by atoms with E-state index in [1.807, 2.05) is 0 Å². The minimum atomic E-state index is -3.79. The van der Waals surface area contributed by atoms with Crippen molar-refractivity contribution < 1.29 is 22.3 Å². The predicted molar refractivity (Wildman–Crippen MR) is 107 cm³/mol. The van der Waals surface area contributed by atoms with Gasteiger partial charge in [-0.3, -0.25) is 4.79 Å². The van der Waals surface area contributed by atoms with Crippen molar-refractivity contribution in [2.75, 3.05) is 31.6 Å². The molecule has 0 radical (unpaired) electrons. The molecule has 29 heavy (non-hydrogen) atoms. The Morgan fingerprint density at radius 2 is 1.90 bits per heavy atom. The number of hydrogen-bond donors (Lipinski definition) is 1. The van der Waals surface area contributed by atoms with Crippen molar-refractivity contribution in [1.82, 2.24) is 4.31 Å². The minimum Gasteiger partial charge on any atom is -0.379 e. The van der Waals surface area contributed by atoms with E-state index in [1.165, 1.54) is 22.5 Å². The van der Waals surface area contributed by atoms with Gasteiger partial charge >= 0.3 is 0 Å². The summed E-state index contributed by atoms with van der Waals surface area (Å²) in [5.41, 5.74) is 0.866. The Hall–Kier alpha value is -2.00. The van der Waals surface area contributed by atoms with Crippen molar-refractivity contribution in [3.8, 4) is 0 Å². The summed E-state index contributed by atoms with van der Waals surface area (Å²) in [6, 6.07) is 10.8. The van der Waals surface area contributed by atoms with Gasteiger partial charge in [-0.1, -0.05) is 29.8 Å². The minimum absolute atomic E-state index is 0.0553. The number of hydrogen-bond acceptors (Lipinski definition) is 4. The van der Waals surface area contributed by atoms with E-state index in [1.54, 1.807) is 24.3 Å². The molecule has 9 heteroatoms. The average Bonchev–Trinajstić information content (AvgIpc) is 3.51. The lowest BCUT2D eigenvalue weighted by atomic mass is 10.1. The SMILES string of the molecule is O=C(Nc1ccc(Cl)c(S(=O)(=O)N2CCOCC2)c1)C1CC1c1ccccc1F. The van der Waals surface area contributed by atoms with E-state index in [-0.39, 0.29) is 46.6 Å². The molecule has 1 N–H and O–H groups in total. The quantitative estimate of drug-likeness (QED) is 0.777. The Kier molecular flexibility index (Phi) is 5.61. The molecule has 1 saturated heterocycles. The molecule has 6 nitrogen and oxygen atoms in total. The molecule has 154 valence electrons. The van der Waals surface area contributed by atoms with E-state index in [0.717, 1.165) is 0 Å². The first kappa shape index (κ1) is 20.3. The van der Waals surface area contributed by atoms with E-state index < -0.39 is 10.0 Å². The second kappa shape index (κ2) is 8.02. The number of nitrogens with one attached hydrogen (secondary N) is 1. The largest absolute Gasteiger partial charge is 0.379 e. The highest BCUT2D eigenvalue weighted by Gasteiger charge is 2.45. The van der Waals surface area contributed by atoms with E-state index in [4.69, 9.17) is 16.3 Å². The van der Waals surface area contributed by atoms with E-state index in [0.29, 0.717) is 30.9 Å². The topological polar surface area (TPSA) is 75.7 Å². The maximum atomic E-state index is 13.9. The molecule has 2 aromatic carbocycles. The predicted octanol–water partition coefficient (Wildman–Crippen LogP) is 3.24. The van der Waals surface area contributed by atoms with E-state index in [2.05, 4.69) is 5.32 Å². The van der Waals surface area contributed by atoms with Crippen LogP contribution < -0.4 is 5.32 Å². The van der Waals surface area contributed by atoms with Gasteiger partial charge in [0.2, 0.25) is 15.9 Å². The number of amides is 1. The van der Waals surface area contributed by atoms with Crippen LogP contribution in [-0.2, 0) is 19.6 Å². The highest BCUT2D eigenvalue weighted by Crippen LogP contribution is 2.48. The second-order valence-electron chi connectivity index (χ2n) is 7.12. The molecule has 0 bridgehead atoms. The van der Waals surface area contributed by atoms with Gasteiger partial charge in [0.25, 0.3) is 0 Å². The van der Waals surface area contributed by atoms with Crippen LogP contribution in [0.1, 0.15) is 17.9 Å². The third-order valence-corrected chi connectivity index (χ3v) is 7.60. The number of sulfonamides is 1. The van der Waals surface area contributed by atoms with Crippen molar-refractivity contribution in [1.29, 1.82) is 0 Å². The standard InChI is InChI=1S/C20H20ClFN2O4S/c21-17-6-5-13(11-19(17)29(26,27)24-7-9-28-10-8-24)23-20(25)16-12-15(16)14-3-1-2-4-18(14)22/h1-6,11,15-16H,7-10,12H2,(H,23,25). The number of rotatable bonds is 5. The van der Waals surface area contributed by atoms with Crippen LogP contribution in [0.3, 0.4) is 0 Å². The average molecular weight is 439 g/mol. The first-order chi connectivity index (χ1) is 13.9. The van der Waals surface area contributed by atoms with Crippen LogP contribution in [0, 0.1) is 11.7 Å². The molecule has 0 spiro atoms. The van der Waals surface area contributed by atoms with E-state index >= 15 is 0 Å². The number of carbonyl (C=O) groups excluding carboxylic acids is 1. The first-order valence-electron chi connectivity index (χ1n) is 9.30. The summed E-state index contributed by atoms with van der Waals surface area (Å²) in [6.07, 6.45) is 0.555. The van der Waals surface area contributed by atoms with Crippen LogP contribution >= 0.6 is 11.6 Å². The lowest BCUT2D eigenvalue weighted by molar-refractivity contribution is -0.117. The molecule has 0 aromatic heterocycles. The van der Waals surface area contributed by atoms with Crippen molar-refractivity contribution in [3.63, 3.8) is 0 Å². The maximum Gasteiger partial charge on any atom is 0.244 e. The summed E-state index contributed by atoms with van der Waals surface area (Å²) in [5, 5.41) is 2.83. The van der Waals surface area contributed by atoms with Gasteiger partial charge in [0, 0.05) is 24.7 Å². The van der Waals surface area contributed by atoms with Crippen LogP contribution in [0.15, 0.2) is 47.4 Å². The van der Waals surface area contributed by atoms with Gasteiger partial charge in [-0.05, 0) is 42.2 Å². The lowest BCUT2D eigenvalue weighted by Crippen LogP contribution is -2.40. The fraction of sp³-hybridized carbons (Fsp3) is 0.350. The zero-order chi connectivity index (χ0) is 20.6. The molecule has 1 aliphatic carbocycles. The van der Waals surface area contributed by atoms with Crippen LogP contribution in [0.25, 0.3) is 0 Å². The third kappa shape index (κ3) is 4.16. The number of carbonyl (C=O) groups is 1. The summed E-state index contributed by atoms with van der Waals surface area (Å²) in [6.45, 7) is 1.15. The number of ether oxygens (including phenoxy) is 1. The Morgan fingerprint density at radius 1 is 1.17 bits per heavy atom. The molecule has 1 amide bonds. The van der Waals surface area contributed by atoms with Gasteiger partial charge < -0.3 is 10.1 Å². The van der Waals surface area contributed by atoms with Crippen molar-refractivity contribution in [2.24, 2.45) is 5.92 Å². The van der Waals surface area contributed by atoms with Crippen LogP contribution in [0.4, 0.5) is 10.1 Å². The smallest absolute Gasteiger partial charge is 0.244 e. The lowest BCUT2D eigenvalue weighted by Gasteiger charge is -2.26. The number of anilines is 1. The van der Waals surface area contributed by atoms with Crippen molar-refractivity contribution >= 4 is 33.2 Å². The van der Waals surface area contributed by atoms with Crippen molar-refractivity contribution in [3.05, 3.63) is 58.9 Å². The van der Waals surface area contributed by atoms with Gasteiger partial charge in [0.05, 0.1) is 18.2 Å². The summed E-state index contributed by atoms with van der Waals surface area (Å²) < 4.78 is 46.2. The Morgan fingerprint density at radius 3 is 2.62 bits per heavy atom. The Balaban J connectivity index is 1.50. The number of nitrogens with zero attached hydrogens (tertiary/aromatic N) is 1. The van der Waals surface area contributed by atoms with Gasteiger partial charge in [0.1, 0.15) is 10.7 Å². The fourth-order valence-corrected chi connectivity index (χ4v) is 5.45. The number of morpholine rings is 1. The highest BCUT2D eigenvalue weighted by atomic mass is 35.5. The van der Waals surface area contributed by atoms with Crippen LogP contribution in [-0.4, -0.2) is 44.9 Å². The molecule has 2 atom stereocenters. The van der Waals surface area contributed by atoms with Gasteiger partial charge in [0.15, 0.2) is 0 Å². The summed E-state index contributed by atoms with van der Waals surface area (Å²) in [4.78, 5) is 12.5. The molecule has 1 aliphatic heterocycles. The molecule has 1 saturated carbocycles. The molecular formula is C20H20ClFN2O4S. The zero-order valence-corrected chi connectivity index (χ0v) is 17.0. The summed E-state index contributed by atoms with van der Waals surface area (Å²) >= 11 is 6.14. The molecule has 2 unspecified atom stereocenters. The van der Waals surface area contributed by atoms with Gasteiger partial charge in [-0.2, -0.15) is 4.31 Å². The molecule has 2 aromatic rings. The first-order valence-corrected chi connectivity index (χ1v) is 11.1. The molecule has 1 heterocycles. The Labute approximate surface area is 173 Å². The molecule has 2 aliphatic rings. The van der Waals surface area contributed by atoms with Crippen LogP contribution in [0.5, 0.6) is 0 Å². The fourth-order valence-electron chi connectivity index (χ4n) is 3.54. The third-order valence-electron chi connectivity index (χ3n) is 5.22. The van der Waals surface area contributed by atoms with E-state index in [9.17, 15) is 17.6 Å². The molecule has 2 fully saturated rings. The van der Waals surface area contributed by atoms with Crippen LogP contribution in [0.2, 0.25) is 5.02 Å². The highest BCUT2D eigenvalue weighted by molar-refractivity contribution is 7.89. The summed E-state index contributed by atoms with van der Waals surface area (Å²) in [7, 11) is -3.79. The normalized spacial score (nSPS) is 22.3. The molecule has 4 rings (SSSR count). The van der Waals surface area contributed by atoms with Gasteiger partial charge in [-0.25, -0.2) is 12.8 Å². The zero-order valence-electron chi connectivity index (χ0n) is 15.5. The monoisotopic (exact) mass is 438 g/mol. The maximum absolute atomic E-state index is 13.9. The number of benzene rings is 2.